The lowest BCUT2D eigenvalue weighted by Gasteiger charge is -2.18. The summed E-state index contributed by atoms with van der Waals surface area (Å²) < 4.78 is 11.2. The molecule has 2 saturated heterocycles. The number of carboxylic acid groups (broad SMARTS) is 1. The zero-order valence-corrected chi connectivity index (χ0v) is 12.9. The number of hydrogen-bond donors (Lipinski definition) is 2. The summed E-state index contributed by atoms with van der Waals surface area (Å²) in [6.07, 6.45) is 3.78. The van der Waals surface area contributed by atoms with E-state index in [9.17, 15) is 9.59 Å². The van der Waals surface area contributed by atoms with Crippen LogP contribution in [0.2, 0.25) is 0 Å². The SMILES string of the molecule is O=C(O)CCCOc1ccc(NC(=O)C2CC3CCC2O3)cc1. The van der Waals surface area contributed by atoms with E-state index < -0.39 is 5.97 Å². The van der Waals surface area contributed by atoms with Crippen LogP contribution in [-0.4, -0.2) is 35.8 Å². The van der Waals surface area contributed by atoms with Gasteiger partial charge in [-0.05, 0) is 49.9 Å². The lowest BCUT2D eigenvalue weighted by Crippen LogP contribution is -2.30. The van der Waals surface area contributed by atoms with E-state index in [-0.39, 0.29) is 30.5 Å². The van der Waals surface area contributed by atoms with Crippen molar-refractivity contribution in [2.24, 2.45) is 5.92 Å². The van der Waals surface area contributed by atoms with Gasteiger partial charge in [0.1, 0.15) is 5.75 Å². The van der Waals surface area contributed by atoms with Crippen LogP contribution in [0.25, 0.3) is 0 Å². The monoisotopic (exact) mass is 319 g/mol. The molecule has 23 heavy (non-hydrogen) atoms. The first-order valence-electron chi connectivity index (χ1n) is 8.03. The van der Waals surface area contributed by atoms with Gasteiger partial charge in [-0.2, -0.15) is 0 Å². The summed E-state index contributed by atoms with van der Waals surface area (Å²) in [5.41, 5.74) is 0.732. The molecule has 1 aromatic carbocycles. The summed E-state index contributed by atoms with van der Waals surface area (Å²) in [5, 5.41) is 11.5. The summed E-state index contributed by atoms with van der Waals surface area (Å²) in [5.74, 6) is -0.180. The number of benzene rings is 1. The van der Waals surface area contributed by atoms with Gasteiger partial charge in [0.15, 0.2) is 0 Å². The summed E-state index contributed by atoms with van der Waals surface area (Å²) in [7, 11) is 0. The number of carbonyl (C=O) groups is 2. The molecular formula is C17H21NO5. The van der Waals surface area contributed by atoms with Crippen molar-refractivity contribution in [2.45, 2.75) is 44.3 Å². The topological polar surface area (TPSA) is 84.9 Å². The highest BCUT2D eigenvalue weighted by Gasteiger charge is 2.44. The van der Waals surface area contributed by atoms with Crippen molar-refractivity contribution in [1.29, 1.82) is 0 Å². The molecule has 3 unspecified atom stereocenters. The van der Waals surface area contributed by atoms with Crippen LogP contribution in [0.5, 0.6) is 5.75 Å². The molecule has 2 fully saturated rings. The van der Waals surface area contributed by atoms with Gasteiger partial charge in [-0.25, -0.2) is 0 Å². The minimum absolute atomic E-state index is 0.0207. The van der Waals surface area contributed by atoms with Crippen LogP contribution in [-0.2, 0) is 14.3 Å². The second-order valence-electron chi connectivity index (χ2n) is 6.08. The summed E-state index contributed by atoms with van der Waals surface area (Å²) in [4.78, 5) is 22.7. The first-order chi connectivity index (χ1) is 11.1. The number of fused-ring (bicyclic) bond motifs is 2. The molecule has 0 aromatic heterocycles. The molecule has 1 aromatic rings. The number of rotatable bonds is 7. The van der Waals surface area contributed by atoms with E-state index in [1.54, 1.807) is 24.3 Å². The van der Waals surface area contributed by atoms with Crippen LogP contribution in [0.15, 0.2) is 24.3 Å². The minimum Gasteiger partial charge on any atom is -0.494 e. The van der Waals surface area contributed by atoms with Gasteiger partial charge < -0.3 is 19.9 Å². The third kappa shape index (κ3) is 4.01. The lowest BCUT2D eigenvalue weighted by molar-refractivity contribution is -0.137. The number of carboxylic acids is 1. The Labute approximate surface area is 134 Å². The Morgan fingerprint density at radius 2 is 2.04 bits per heavy atom. The molecule has 124 valence electrons. The van der Waals surface area contributed by atoms with Crippen LogP contribution in [0.3, 0.4) is 0 Å². The molecule has 0 radical (unpaired) electrons. The molecule has 6 heteroatoms. The van der Waals surface area contributed by atoms with Crippen molar-refractivity contribution in [3.05, 3.63) is 24.3 Å². The van der Waals surface area contributed by atoms with E-state index in [1.807, 2.05) is 0 Å². The molecule has 3 rings (SSSR count). The standard InChI is InChI=1S/C17H21NO5/c19-16(20)2-1-9-22-12-5-3-11(4-6-12)18-17(21)14-10-13-7-8-15(14)23-13/h3-6,13-15H,1-2,7-10H2,(H,18,21)(H,19,20). The van der Waals surface area contributed by atoms with Gasteiger partial charge in [0, 0.05) is 12.1 Å². The summed E-state index contributed by atoms with van der Waals surface area (Å²) in [6.45, 7) is 0.362. The van der Waals surface area contributed by atoms with E-state index in [4.69, 9.17) is 14.6 Å². The Bertz CT molecular complexity index is 571. The second-order valence-corrected chi connectivity index (χ2v) is 6.08. The smallest absolute Gasteiger partial charge is 0.303 e. The Balaban J connectivity index is 1.45. The molecule has 3 atom stereocenters. The predicted octanol–water partition coefficient (Wildman–Crippen LogP) is 2.44. The maximum absolute atomic E-state index is 12.3. The van der Waals surface area contributed by atoms with E-state index in [1.165, 1.54) is 0 Å². The number of carbonyl (C=O) groups excluding carboxylic acids is 1. The molecule has 1 amide bonds. The van der Waals surface area contributed by atoms with Gasteiger partial charge in [-0.15, -0.1) is 0 Å². The van der Waals surface area contributed by atoms with Crippen molar-refractivity contribution in [3.63, 3.8) is 0 Å². The van der Waals surface area contributed by atoms with Crippen LogP contribution in [0, 0.1) is 5.92 Å². The fraction of sp³-hybridized carbons (Fsp3) is 0.529. The molecule has 0 aliphatic carbocycles. The van der Waals surface area contributed by atoms with Crippen molar-refractivity contribution < 1.29 is 24.2 Å². The van der Waals surface area contributed by atoms with E-state index in [0.717, 1.165) is 24.9 Å². The average Bonchev–Trinajstić information content (AvgIpc) is 3.16. The van der Waals surface area contributed by atoms with Gasteiger partial charge in [-0.3, -0.25) is 9.59 Å². The number of anilines is 1. The molecule has 2 aliphatic heterocycles. The molecule has 0 saturated carbocycles. The molecule has 6 nitrogen and oxygen atoms in total. The number of ether oxygens (including phenoxy) is 2. The van der Waals surface area contributed by atoms with Gasteiger partial charge >= 0.3 is 5.97 Å². The number of aliphatic carboxylic acids is 1. The Kier molecular flexibility index (Phi) is 4.81. The van der Waals surface area contributed by atoms with Crippen LogP contribution >= 0.6 is 0 Å². The van der Waals surface area contributed by atoms with Crippen molar-refractivity contribution >= 4 is 17.6 Å². The number of amides is 1. The minimum atomic E-state index is -0.823. The highest BCUT2D eigenvalue weighted by atomic mass is 16.5. The van der Waals surface area contributed by atoms with Gasteiger partial charge in [0.25, 0.3) is 0 Å². The summed E-state index contributed by atoms with van der Waals surface area (Å²) >= 11 is 0. The lowest BCUT2D eigenvalue weighted by atomic mass is 9.88. The maximum atomic E-state index is 12.3. The quantitative estimate of drug-likeness (QED) is 0.754. The Morgan fingerprint density at radius 1 is 1.26 bits per heavy atom. The van der Waals surface area contributed by atoms with E-state index in [2.05, 4.69) is 5.32 Å². The van der Waals surface area contributed by atoms with Crippen molar-refractivity contribution in [3.8, 4) is 5.75 Å². The number of hydrogen-bond acceptors (Lipinski definition) is 4. The third-order valence-electron chi connectivity index (χ3n) is 4.37. The summed E-state index contributed by atoms with van der Waals surface area (Å²) in [6, 6.07) is 7.12. The molecule has 2 bridgehead atoms. The fourth-order valence-corrected chi connectivity index (χ4v) is 3.20. The molecule has 2 N–H and O–H groups in total. The zero-order valence-electron chi connectivity index (χ0n) is 12.9. The maximum Gasteiger partial charge on any atom is 0.303 e. The average molecular weight is 319 g/mol. The van der Waals surface area contributed by atoms with Crippen LogP contribution < -0.4 is 10.1 Å². The predicted molar refractivity (Wildman–Crippen MR) is 83.4 cm³/mol. The second kappa shape index (κ2) is 7.00. The molecule has 2 aliphatic rings. The fourth-order valence-electron chi connectivity index (χ4n) is 3.20. The van der Waals surface area contributed by atoms with Gasteiger partial charge in [-0.1, -0.05) is 0 Å². The number of nitrogens with one attached hydrogen (secondary N) is 1. The largest absolute Gasteiger partial charge is 0.494 e. The van der Waals surface area contributed by atoms with E-state index >= 15 is 0 Å². The normalized spacial score (nSPS) is 25.3. The molecular weight excluding hydrogens is 298 g/mol. The van der Waals surface area contributed by atoms with Crippen LogP contribution in [0.1, 0.15) is 32.1 Å². The first kappa shape index (κ1) is 15.8. The highest BCUT2D eigenvalue weighted by molar-refractivity contribution is 5.93. The van der Waals surface area contributed by atoms with Crippen LogP contribution in [0.4, 0.5) is 5.69 Å². The molecule has 0 spiro atoms. The van der Waals surface area contributed by atoms with Gasteiger partial charge in [0.2, 0.25) is 5.91 Å². The third-order valence-corrected chi connectivity index (χ3v) is 4.37. The van der Waals surface area contributed by atoms with Gasteiger partial charge in [0.05, 0.1) is 24.7 Å². The first-order valence-corrected chi connectivity index (χ1v) is 8.03. The van der Waals surface area contributed by atoms with E-state index in [0.29, 0.717) is 18.8 Å². The van der Waals surface area contributed by atoms with Crippen molar-refractivity contribution in [1.82, 2.24) is 0 Å². The zero-order chi connectivity index (χ0) is 16.2. The molecule has 2 heterocycles. The highest BCUT2D eigenvalue weighted by Crippen LogP contribution is 2.39. The Morgan fingerprint density at radius 3 is 2.65 bits per heavy atom. The Hall–Kier alpha value is -2.08. The van der Waals surface area contributed by atoms with Crippen molar-refractivity contribution in [2.75, 3.05) is 11.9 Å².